The molecule has 1 aliphatic heterocycles. The van der Waals surface area contributed by atoms with Crippen LogP contribution in [0.5, 0.6) is 0 Å². The van der Waals surface area contributed by atoms with Crippen LogP contribution in [-0.2, 0) is 16.7 Å². The van der Waals surface area contributed by atoms with E-state index in [-0.39, 0.29) is 5.91 Å². The lowest BCUT2D eigenvalue weighted by Gasteiger charge is -2.34. The van der Waals surface area contributed by atoms with Gasteiger partial charge in [0.25, 0.3) is 5.91 Å². The molecule has 23 heavy (non-hydrogen) atoms. The minimum atomic E-state index is -0.667. The Kier molecular flexibility index (Phi) is 4.42. The largest absolute Gasteiger partial charge is 0.381 e. The third kappa shape index (κ3) is 3.42. The number of aromatic amines is 1. The summed E-state index contributed by atoms with van der Waals surface area (Å²) < 4.78 is 10.3. The standard InChI is InChI=1S/C15H21N5O3/c1-10(2)7-11-8-12(19-18-11)13(21)17-15(3-5-22-6-4-15)14-16-9-23-20-14/h8-10H,3-7H2,1-2H3,(H,17,21)(H,18,19). The van der Waals surface area contributed by atoms with E-state index in [4.69, 9.17) is 9.26 Å². The molecule has 2 aromatic heterocycles. The average Bonchev–Trinajstić information content (AvgIpc) is 3.19. The van der Waals surface area contributed by atoms with Gasteiger partial charge in [0.05, 0.1) is 0 Å². The molecule has 0 spiro atoms. The molecule has 0 saturated carbocycles. The second-order valence-corrected chi connectivity index (χ2v) is 6.28. The molecule has 2 aromatic rings. The maximum absolute atomic E-state index is 12.6. The van der Waals surface area contributed by atoms with Crippen molar-refractivity contribution in [3.63, 3.8) is 0 Å². The van der Waals surface area contributed by atoms with Crippen molar-refractivity contribution in [2.75, 3.05) is 13.2 Å². The number of carbonyl (C=O) groups is 1. The summed E-state index contributed by atoms with van der Waals surface area (Å²) in [5, 5.41) is 14.0. The molecule has 1 fully saturated rings. The highest BCUT2D eigenvalue weighted by Crippen LogP contribution is 2.30. The van der Waals surface area contributed by atoms with Gasteiger partial charge in [-0.1, -0.05) is 19.0 Å². The smallest absolute Gasteiger partial charge is 0.272 e. The van der Waals surface area contributed by atoms with Gasteiger partial charge in [-0.05, 0) is 18.4 Å². The third-order valence-electron chi connectivity index (χ3n) is 3.98. The van der Waals surface area contributed by atoms with Gasteiger partial charge in [-0.3, -0.25) is 9.89 Å². The van der Waals surface area contributed by atoms with E-state index in [1.807, 2.05) is 0 Å². The summed E-state index contributed by atoms with van der Waals surface area (Å²) in [6.45, 7) is 5.31. The highest BCUT2D eigenvalue weighted by molar-refractivity contribution is 5.92. The van der Waals surface area contributed by atoms with Crippen molar-refractivity contribution in [2.24, 2.45) is 5.92 Å². The molecule has 1 saturated heterocycles. The maximum atomic E-state index is 12.6. The number of carbonyl (C=O) groups excluding carboxylic acids is 1. The molecule has 124 valence electrons. The van der Waals surface area contributed by atoms with Crippen LogP contribution in [0.4, 0.5) is 0 Å². The summed E-state index contributed by atoms with van der Waals surface area (Å²) in [5.74, 6) is 0.725. The van der Waals surface area contributed by atoms with Gasteiger partial charge >= 0.3 is 0 Å². The van der Waals surface area contributed by atoms with Crippen LogP contribution in [0.3, 0.4) is 0 Å². The van der Waals surface area contributed by atoms with Crippen molar-refractivity contribution in [1.29, 1.82) is 0 Å². The van der Waals surface area contributed by atoms with Crippen LogP contribution >= 0.6 is 0 Å². The summed E-state index contributed by atoms with van der Waals surface area (Å²) in [5.41, 5.74) is 0.653. The Bertz CT molecular complexity index is 644. The van der Waals surface area contributed by atoms with Crippen molar-refractivity contribution in [2.45, 2.75) is 38.6 Å². The van der Waals surface area contributed by atoms with E-state index in [1.54, 1.807) is 6.07 Å². The predicted molar refractivity (Wildman–Crippen MR) is 80.6 cm³/mol. The lowest BCUT2D eigenvalue weighted by atomic mass is 9.89. The Balaban J connectivity index is 1.77. The quantitative estimate of drug-likeness (QED) is 0.863. The molecule has 8 heteroatoms. The second kappa shape index (κ2) is 6.49. The predicted octanol–water partition coefficient (Wildman–Crippen LogP) is 1.43. The fourth-order valence-corrected chi connectivity index (χ4v) is 2.81. The molecule has 2 N–H and O–H groups in total. The summed E-state index contributed by atoms with van der Waals surface area (Å²) in [6, 6.07) is 1.79. The Morgan fingerprint density at radius 3 is 2.87 bits per heavy atom. The van der Waals surface area contributed by atoms with E-state index in [0.29, 0.717) is 43.5 Å². The number of nitrogens with zero attached hydrogens (tertiary/aromatic N) is 3. The first-order valence-electron chi connectivity index (χ1n) is 7.80. The van der Waals surface area contributed by atoms with Gasteiger partial charge in [-0.25, -0.2) is 0 Å². The Hall–Kier alpha value is -2.22. The van der Waals surface area contributed by atoms with Crippen molar-refractivity contribution in [3.8, 4) is 0 Å². The van der Waals surface area contributed by atoms with E-state index in [0.717, 1.165) is 12.1 Å². The number of rotatable bonds is 5. The topological polar surface area (TPSA) is 106 Å². The van der Waals surface area contributed by atoms with Gasteiger partial charge in [-0.15, -0.1) is 0 Å². The second-order valence-electron chi connectivity index (χ2n) is 6.28. The first kappa shape index (κ1) is 15.7. The lowest BCUT2D eigenvalue weighted by Crippen LogP contribution is -2.50. The summed E-state index contributed by atoms with van der Waals surface area (Å²) in [7, 11) is 0. The minimum Gasteiger partial charge on any atom is -0.381 e. The minimum absolute atomic E-state index is 0.247. The lowest BCUT2D eigenvalue weighted by molar-refractivity contribution is 0.0304. The van der Waals surface area contributed by atoms with E-state index < -0.39 is 5.54 Å². The maximum Gasteiger partial charge on any atom is 0.272 e. The van der Waals surface area contributed by atoms with Crippen molar-refractivity contribution >= 4 is 5.91 Å². The van der Waals surface area contributed by atoms with Crippen LogP contribution in [0.1, 0.15) is 48.7 Å². The van der Waals surface area contributed by atoms with Crippen LogP contribution in [0.2, 0.25) is 0 Å². The van der Waals surface area contributed by atoms with Crippen LogP contribution in [0.25, 0.3) is 0 Å². The average molecular weight is 319 g/mol. The van der Waals surface area contributed by atoms with Crippen molar-refractivity contribution in [1.82, 2.24) is 25.7 Å². The van der Waals surface area contributed by atoms with Gasteiger partial charge < -0.3 is 14.6 Å². The van der Waals surface area contributed by atoms with E-state index in [9.17, 15) is 4.79 Å². The summed E-state index contributed by atoms with van der Waals surface area (Å²) in [4.78, 5) is 16.7. The Labute approximate surface area is 134 Å². The Morgan fingerprint density at radius 1 is 1.43 bits per heavy atom. The molecule has 0 aromatic carbocycles. The SMILES string of the molecule is CC(C)Cc1cc(C(=O)NC2(c3ncon3)CCOCC2)n[nH]1. The van der Waals surface area contributed by atoms with E-state index >= 15 is 0 Å². The van der Waals surface area contributed by atoms with Crippen LogP contribution in [0, 0.1) is 5.92 Å². The molecule has 0 bridgehead atoms. The summed E-state index contributed by atoms with van der Waals surface area (Å²) in [6.07, 6.45) is 3.32. The normalized spacial score (nSPS) is 17.3. The number of H-pyrrole nitrogens is 1. The molecule has 8 nitrogen and oxygen atoms in total. The summed E-state index contributed by atoms with van der Waals surface area (Å²) >= 11 is 0. The fourth-order valence-electron chi connectivity index (χ4n) is 2.81. The van der Waals surface area contributed by atoms with Gasteiger partial charge in [0.1, 0.15) is 11.2 Å². The fraction of sp³-hybridized carbons (Fsp3) is 0.600. The number of ether oxygens (including phenoxy) is 1. The van der Waals surface area contributed by atoms with Crippen molar-refractivity contribution in [3.05, 3.63) is 29.7 Å². The van der Waals surface area contributed by atoms with Crippen LogP contribution in [0.15, 0.2) is 17.0 Å². The zero-order valence-electron chi connectivity index (χ0n) is 13.3. The molecule has 3 rings (SSSR count). The van der Waals surface area contributed by atoms with Crippen LogP contribution in [-0.4, -0.2) is 39.5 Å². The highest BCUT2D eigenvalue weighted by Gasteiger charge is 2.40. The Morgan fingerprint density at radius 2 is 2.22 bits per heavy atom. The third-order valence-corrected chi connectivity index (χ3v) is 3.98. The number of hydrogen-bond donors (Lipinski definition) is 2. The molecule has 0 unspecified atom stereocenters. The molecule has 3 heterocycles. The first-order valence-corrected chi connectivity index (χ1v) is 7.80. The van der Waals surface area contributed by atoms with Crippen molar-refractivity contribution < 1.29 is 14.1 Å². The first-order chi connectivity index (χ1) is 11.1. The molecule has 0 radical (unpaired) electrons. The van der Waals surface area contributed by atoms with E-state index in [2.05, 4.69) is 39.5 Å². The molecule has 0 atom stereocenters. The zero-order chi connectivity index (χ0) is 16.3. The van der Waals surface area contributed by atoms with Gasteiger partial charge in [0, 0.05) is 31.7 Å². The number of hydrogen-bond acceptors (Lipinski definition) is 6. The molecule has 1 amide bonds. The number of aromatic nitrogens is 4. The van der Waals surface area contributed by atoms with Gasteiger partial charge in [-0.2, -0.15) is 10.1 Å². The van der Waals surface area contributed by atoms with E-state index in [1.165, 1.54) is 6.39 Å². The molecule has 1 aliphatic rings. The molecule has 0 aliphatic carbocycles. The highest BCUT2D eigenvalue weighted by atomic mass is 16.5. The van der Waals surface area contributed by atoms with Crippen LogP contribution < -0.4 is 5.32 Å². The number of nitrogens with one attached hydrogen (secondary N) is 2. The number of amides is 1. The molecular weight excluding hydrogens is 298 g/mol. The molecular formula is C15H21N5O3. The monoisotopic (exact) mass is 319 g/mol. The zero-order valence-corrected chi connectivity index (χ0v) is 13.3. The van der Waals surface area contributed by atoms with Gasteiger partial charge in [0.2, 0.25) is 6.39 Å². The van der Waals surface area contributed by atoms with Gasteiger partial charge in [0.15, 0.2) is 5.82 Å².